The lowest BCUT2D eigenvalue weighted by Crippen LogP contribution is -2.57. The molecule has 6 rings (SSSR count). The molecular formula is C24H21ClF2N4O4. The summed E-state index contributed by atoms with van der Waals surface area (Å²) in [6.45, 7) is 1.37. The fourth-order valence-electron chi connectivity index (χ4n) is 4.23. The topological polar surface area (TPSA) is 85.7 Å². The number of aryl methyl sites for hydroxylation is 1. The van der Waals surface area contributed by atoms with Crippen LogP contribution in [0.5, 0.6) is 5.75 Å². The molecule has 3 aromatic rings. The largest absolute Gasteiger partial charge is 0.487 e. The molecule has 2 atom stereocenters. The molecular weight excluding hydrogens is 482 g/mol. The first-order valence-electron chi connectivity index (χ1n) is 10.9. The molecule has 2 bridgehead atoms. The van der Waals surface area contributed by atoms with Crippen molar-refractivity contribution in [1.29, 1.82) is 0 Å². The number of halogens is 3. The van der Waals surface area contributed by atoms with Gasteiger partial charge in [-0.1, -0.05) is 0 Å². The molecule has 11 heteroatoms. The van der Waals surface area contributed by atoms with Crippen molar-refractivity contribution in [3.05, 3.63) is 70.8 Å². The molecule has 1 N–H and O–H groups in total. The van der Waals surface area contributed by atoms with Gasteiger partial charge in [0, 0.05) is 67.9 Å². The van der Waals surface area contributed by atoms with Crippen LogP contribution in [0, 0.1) is 0 Å². The third-order valence-corrected chi connectivity index (χ3v) is 6.03. The summed E-state index contributed by atoms with van der Waals surface area (Å²) in [5, 5.41) is 2.71. The maximum absolute atomic E-state index is 13.0. The van der Waals surface area contributed by atoms with E-state index < -0.39 is 11.5 Å². The minimum Gasteiger partial charge on any atom is -0.420 e. The number of carbonyl (C=O) groups excluding carboxylic acids is 1. The number of nitrogens with one attached hydrogen (secondary N) is 1. The average molecular weight is 503 g/mol. The molecule has 3 aliphatic heterocycles. The van der Waals surface area contributed by atoms with Gasteiger partial charge in [0.15, 0.2) is 0 Å². The number of fused-ring (bicyclic) bond motifs is 2. The number of anilines is 2. The number of pyridine rings is 2. The molecule has 3 aliphatic rings. The Bertz CT molecular complexity index is 1310. The second kappa shape index (κ2) is 8.94. The summed E-state index contributed by atoms with van der Waals surface area (Å²) in [4.78, 5) is 32.0. The van der Waals surface area contributed by atoms with Gasteiger partial charge in [0.2, 0.25) is 0 Å². The molecule has 182 valence electrons. The first-order valence-corrected chi connectivity index (χ1v) is 11.3. The Morgan fingerprint density at radius 2 is 1.89 bits per heavy atom. The van der Waals surface area contributed by atoms with Crippen LogP contribution in [-0.2, 0) is 11.8 Å². The van der Waals surface area contributed by atoms with Crippen LogP contribution in [0.2, 0.25) is 0 Å². The molecule has 1 amide bonds. The van der Waals surface area contributed by atoms with Crippen LogP contribution in [0.15, 0.2) is 59.7 Å². The highest BCUT2D eigenvalue weighted by atomic mass is 35.5. The van der Waals surface area contributed by atoms with Gasteiger partial charge in [0.1, 0.15) is 11.6 Å². The van der Waals surface area contributed by atoms with Gasteiger partial charge in [0.05, 0.1) is 17.8 Å². The summed E-state index contributed by atoms with van der Waals surface area (Å²) in [6.07, 6.45) is 4.46. The van der Waals surface area contributed by atoms with Crippen molar-refractivity contribution in [2.45, 2.75) is 24.2 Å². The monoisotopic (exact) mass is 502 g/mol. The number of carbonyl (C=O) groups is 1. The lowest BCUT2D eigenvalue weighted by Gasteiger charge is -2.47. The van der Waals surface area contributed by atoms with Crippen molar-refractivity contribution in [1.82, 2.24) is 9.55 Å². The highest BCUT2D eigenvalue weighted by Gasteiger charge is 2.39. The first-order chi connectivity index (χ1) is 16.6. The van der Waals surface area contributed by atoms with Crippen molar-refractivity contribution in [3.8, 4) is 16.9 Å². The predicted octanol–water partition coefficient (Wildman–Crippen LogP) is 3.85. The molecule has 2 aromatic heterocycles. The summed E-state index contributed by atoms with van der Waals surface area (Å²) in [7, 11) is 1.66. The van der Waals surface area contributed by atoms with E-state index in [0.717, 1.165) is 6.42 Å². The number of alkyl halides is 3. The van der Waals surface area contributed by atoms with Gasteiger partial charge in [-0.05, 0) is 42.0 Å². The van der Waals surface area contributed by atoms with E-state index in [1.807, 2.05) is 0 Å². The maximum Gasteiger partial charge on any atom is 0.487 e. The van der Waals surface area contributed by atoms with Gasteiger partial charge in [-0.2, -0.15) is 0 Å². The number of hydrogen-bond acceptors (Lipinski definition) is 6. The maximum atomic E-state index is 13.0. The van der Waals surface area contributed by atoms with Gasteiger partial charge in [-0.15, -0.1) is 8.78 Å². The van der Waals surface area contributed by atoms with Crippen LogP contribution in [0.4, 0.5) is 20.3 Å². The molecule has 35 heavy (non-hydrogen) atoms. The van der Waals surface area contributed by atoms with Gasteiger partial charge in [-0.25, -0.2) is 4.98 Å². The summed E-state index contributed by atoms with van der Waals surface area (Å²) < 4.78 is 37.0. The molecule has 3 saturated heterocycles. The second-order valence-corrected chi connectivity index (χ2v) is 8.95. The van der Waals surface area contributed by atoms with Crippen molar-refractivity contribution in [2.75, 3.05) is 23.3 Å². The average Bonchev–Trinajstić information content (AvgIpc) is 2.80. The Morgan fingerprint density at radius 3 is 2.51 bits per heavy atom. The molecule has 0 saturated carbocycles. The van der Waals surface area contributed by atoms with Crippen LogP contribution in [0.25, 0.3) is 11.1 Å². The van der Waals surface area contributed by atoms with Crippen molar-refractivity contribution < 1.29 is 23.0 Å². The standard InChI is InChI=1S/C24H21ClF2N4O4/c1-30-7-6-14(9-21(30)32)20-8-15(11-28-22(20)31-12-18-10-19(13-31)34-18)23(33)29-16-2-4-17(5-3-16)35-24(25,26)27/h2-9,11,18-19H,10,12-13H2,1H3,(H,29,33). The number of amides is 1. The van der Waals surface area contributed by atoms with E-state index in [4.69, 9.17) is 16.3 Å². The fraction of sp³-hybridized carbons (Fsp3) is 0.292. The van der Waals surface area contributed by atoms with Crippen molar-refractivity contribution >= 4 is 29.0 Å². The van der Waals surface area contributed by atoms with Crippen LogP contribution in [-0.4, -0.2) is 46.3 Å². The van der Waals surface area contributed by atoms with Gasteiger partial charge < -0.3 is 24.3 Å². The Morgan fingerprint density at radius 1 is 1.20 bits per heavy atom. The molecule has 3 fully saturated rings. The third-order valence-electron chi connectivity index (χ3n) is 5.95. The van der Waals surface area contributed by atoms with Gasteiger partial charge >= 0.3 is 5.57 Å². The zero-order chi connectivity index (χ0) is 24.7. The Balaban J connectivity index is 1.42. The number of rotatable bonds is 6. The van der Waals surface area contributed by atoms with E-state index in [-0.39, 0.29) is 29.1 Å². The van der Waals surface area contributed by atoms with Crippen LogP contribution < -0.4 is 20.5 Å². The quantitative estimate of drug-likeness (QED) is 0.515. The lowest BCUT2D eigenvalue weighted by atomic mass is 9.97. The SMILES string of the molecule is Cn1ccc(-c2cc(C(=O)Nc3ccc(OC(F)(F)Cl)cc3)cnc2N2CC3CC(C2)O3)cc1=O. The Hall–Kier alpha value is -3.50. The number of benzene rings is 1. The summed E-state index contributed by atoms with van der Waals surface area (Å²) in [5.41, 5.74) is -2.06. The van der Waals surface area contributed by atoms with E-state index in [0.29, 0.717) is 35.7 Å². The van der Waals surface area contributed by atoms with Crippen molar-refractivity contribution in [2.24, 2.45) is 7.05 Å². The predicted molar refractivity (Wildman–Crippen MR) is 126 cm³/mol. The third kappa shape index (κ3) is 5.13. The van der Waals surface area contributed by atoms with Crippen LogP contribution in [0.1, 0.15) is 16.8 Å². The van der Waals surface area contributed by atoms with E-state index >= 15 is 0 Å². The minimum absolute atomic E-state index is 0.148. The molecule has 8 nitrogen and oxygen atoms in total. The smallest absolute Gasteiger partial charge is 0.420 e. The molecule has 0 spiro atoms. The molecule has 5 heterocycles. The normalized spacial score (nSPS) is 19.1. The number of hydrogen-bond donors (Lipinski definition) is 1. The minimum atomic E-state index is -3.83. The number of piperidine rings is 1. The van der Waals surface area contributed by atoms with E-state index in [2.05, 4.69) is 19.9 Å². The lowest BCUT2D eigenvalue weighted by molar-refractivity contribution is -0.133. The highest BCUT2D eigenvalue weighted by molar-refractivity contribution is 6.20. The summed E-state index contributed by atoms with van der Waals surface area (Å²) >= 11 is 4.77. The Labute approximate surface area is 204 Å². The zero-order valence-corrected chi connectivity index (χ0v) is 19.3. The van der Waals surface area contributed by atoms with Gasteiger partial charge in [-0.3, -0.25) is 9.59 Å². The second-order valence-electron chi connectivity index (χ2n) is 8.51. The summed E-state index contributed by atoms with van der Waals surface area (Å²) in [6, 6.07) is 10.4. The summed E-state index contributed by atoms with van der Waals surface area (Å²) in [5.74, 6) is 0.0807. The van der Waals surface area contributed by atoms with Crippen molar-refractivity contribution in [3.63, 3.8) is 0 Å². The van der Waals surface area contributed by atoms with Crippen LogP contribution in [0.3, 0.4) is 0 Å². The van der Waals surface area contributed by atoms with Crippen LogP contribution >= 0.6 is 11.6 Å². The van der Waals surface area contributed by atoms with E-state index in [1.54, 1.807) is 25.4 Å². The first kappa shape index (κ1) is 23.3. The molecule has 0 radical (unpaired) electrons. The number of nitrogens with zero attached hydrogens (tertiary/aromatic N) is 3. The molecule has 2 unspecified atom stereocenters. The number of ether oxygens (including phenoxy) is 2. The zero-order valence-electron chi connectivity index (χ0n) is 18.6. The highest BCUT2D eigenvalue weighted by Crippen LogP contribution is 2.36. The van der Waals surface area contributed by atoms with E-state index in [1.165, 1.54) is 41.1 Å². The molecule has 0 aliphatic carbocycles. The number of morpholine rings is 1. The number of aromatic nitrogens is 2. The Kier molecular flexibility index (Phi) is 5.94. The van der Waals surface area contributed by atoms with Gasteiger partial charge in [0.25, 0.3) is 11.5 Å². The van der Waals surface area contributed by atoms with E-state index in [9.17, 15) is 18.4 Å². The molecule has 1 aromatic carbocycles. The fourth-order valence-corrected chi connectivity index (χ4v) is 4.32.